The van der Waals surface area contributed by atoms with Crippen molar-refractivity contribution in [1.82, 2.24) is 19.9 Å². The van der Waals surface area contributed by atoms with Gasteiger partial charge in [-0.15, -0.1) is 0 Å². The molecule has 0 aliphatic heterocycles. The lowest BCUT2D eigenvalue weighted by Gasteiger charge is -2.19. The van der Waals surface area contributed by atoms with E-state index in [1.807, 2.05) is 55.6 Å². The van der Waals surface area contributed by atoms with E-state index in [1.54, 1.807) is 0 Å². The predicted octanol–water partition coefficient (Wildman–Crippen LogP) is 3.77. The third-order valence-corrected chi connectivity index (χ3v) is 5.57. The molecule has 1 unspecified atom stereocenters. The zero-order valence-electron chi connectivity index (χ0n) is 17.5. The van der Waals surface area contributed by atoms with Gasteiger partial charge < -0.3 is 10.1 Å². The second kappa shape index (κ2) is 9.38. The van der Waals surface area contributed by atoms with E-state index in [1.165, 1.54) is 7.11 Å². The van der Waals surface area contributed by atoms with E-state index in [0.29, 0.717) is 6.42 Å². The maximum Gasteiger partial charge on any atom is 0.307 e. The SMILES string of the molecule is COC(=O)CC(NC(=O)CCc1c(C)nc2cc(C)nn2c1C)c1cccc(Br)c1. The van der Waals surface area contributed by atoms with Crippen LogP contribution in [0.4, 0.5) is 0 Å². The van der Waals surface area contributed by atoms with Gasteiger partial charge in [0.25, 0.3) is 0 Å². The van der Waals surface area contributed by atoms with E-state index in [4.69, 9.17) is 4.74 Å². The fraction of sp³-hybridized carbons (Fsp3) is 0.364. The van der Waals surface area contributed by atoms with Crippen LogP contribution in [0.25, 0.3) is 5.65 Å². The van der Waals surface area contributed by atoms with Gasteiger partial charge in [-0.1, -0.05) is 28.1 Å². The van der Waals surface area contributed by atoms with Crippen molar-refractivity contribution >= 4 is 33.5 Å². The molecule has 8 heteroatoms. The average Bonchev–Trinajstić information content (AvgIpc) is 3.07. The molecule has 0 saturated carbocycles. The molecule has 0 saturated heterocycles. The van der Waals surface area contributed by atoms with Crippen LogP contribution in [0, 0.1) is 20.8 Å². The first-order valence-corrected chi connectivity index (χ1v) is 10.5. The zero-order valence-corrected chi connectivity index (χ0v) is 19.1. The van der Waals surface area contributed by atoms with Crippen LogP contribution in [-0.2, 0) is 20.7 Å². The maximum absolute atomic E-state index is 12.7. The van der Waals surface area contributed by atoms with E-state index in [2.05, 4.69) is 31.3 Å². The fourth-order valence-electron chi connectivity index (χ4n) is 3.53. The third kappa shape index (κ3) is 5.05. The first-order valence-electron chi connectivity index (χ1n) is 9.72. The molecule has 0 aliphatic rings. The van der Waals surface area contributed by atoms with Crippen molar-refractivity contribution in [3.63, 3.8) is 0 Å². The van der Waals surface area contributed by atoms with Crippen LogP contribution in [-0.4, -0.2) is 33.6 Å². The van der Waals surface area contributed by atoms with Gasteiger partial charge >= 0.3 is 5.97 Å². The number of nitrogens with one attached hydrogen (secondary N) is 1. The number of hydrogen-bond acceptors (Lipinski definition) is 5. The second-order valence-corrected chi connectivity index (χ2v) is 8.19. The second-order valence-electron chi connectivity index (χ2n) is 7.27. The predicted molar refractivity (Wildman–Crippen MR) is 117 cm³/mol. The van der Waals surface area contributed by atoms with Crippen LogP contribution in [0.1, 0.15) is 47.1 Å². The Kier molecular flexibility index (Phi) is 6.87. The quantitative estimate of drug-likeness (QED) is 0.528. The van der Waals surface area contributed by atoms with Crippen molar-refractivity contribution in [2.75, 3.05) is 7.11 Å². The molecule has 0 aliphatic carbocycles. The number of aryl methyl sites for hydroxylation is 3. The van der Waals surface area contributed by atoms with E-state index in [9.17, 15) is 9.59 Å². The van der Waals surface area contributed by atoms with Gasteiger partial charge in [-0.05, 0) is 50.5 Å². The van der Waals surface area contributed by atoms with E-state index >= 15 is 0 Å². The number of carbonyl (C=O) groups is 2. The largest absolute Gasteiger partial charge is 0.469 e. The van der Waals surface area contributed by atoms with Crippen LogP contribution in [0.3, 0.4) is 0 Å². The highest BCUT2D eigenvalue weighted by Gasteiger charge is 2.20. The zero-order chi connectivity index (χ0) is 21.8. The summed E-state index contributed by atoms with van der Waals surface area (Å²) in [6.45, 7) is 5.87. The molecule has 7 nitrogen and oxygen atoms in total. The van der Waals surface area contributed by atoms with Crippen molar-refractivity contribution in [2.24, 2.45) is 0 Å². The summed E-state index contributed by atoms with van der Waals surface area (Å²) >= 11 is 3.43. The smallest absolute Gasteiger partial charge is 0.307 e. The van der Waals surface area contributed by atoms with Gasteiger partial charge in [-0.25, -0.2) is 9.50 Å². The Morgan fingerprint density at radius 3 is 2.70 bits per heavy atom. The van der Waals surface area contributed by atoms with Gasteiger partial charge in [0.2, 0.25) is 5.91 Å². The fourth-order valence-corrected chi connectivity index (χ4v) is 3.95. The van der Waals surface area contributed by atoms with Crippen molar-refractivity contribution < 1.29 is 14.3 Å². The molecule has 30 heavy (non-hydrogen) atoms. The molecule has 2 aromatic heterocycles. The lowest BCUT2D eigenvalue weighted by Crippen LogP contribution is -2.30. The monoisotopic (exact) mass is 472 g/mol. The summed E-state index contributed by atoms with van der Waals surface area (Å²) in [5.41, 5.74) is 5.43. The molecule has 1 amide bonds. The summed E-state index contributed by atoms with van der Waals surface area (Å²) in [4.78, 5) is 29.2. The average molecular weight is 473 g/mol. The molecule has 0 radical (unpaired) electrons. The summed E-state index contributed by atoms with van der Waals surface area (Å²) in [6, 6.07) is 9.01. The van der Waals surface area contributed by atoms with Gasteiger partial charge in [-0.3, -0.25) is 9.59 Å². The molecule has 1 atom stereocenters. The topological polar surface area (TPSA) is 85.6 Å². The molecule has 0 fully saturated rings. The van der Waals surface area contributed by atoms with E-state index in [-0.39, 0.29) is 24.7 Å². The Balaban J connectivity index is 1.74. The minimum atomic E-state index is -0.459. The first kappa shape index (κ1) is 22.0. The van der Waals surface area contributed by atoms with Crippen LogP contribution in [0.15, 0.2) is 34.8 Å². The molecule has 0 bridgehead atoms. The number of esters is 1. The number of rotatable bonds is 7. The van der Waals surface area contributed by atoms with Gasteiger partial charge in [-0.2, -0.15) is 5.10 Å². The number of amides is 1. The number of fused-ring (bicyclic) bond motifs is 1. The highest BCUT2D eigenvalue weighted by atomic mass is 79.9. The molecule has 1 N–H and O–H groups in total. The lowest BCUT2D eigenvalue weighted by molar-refractivity contribution is -0.141. The van der Waals surface area contributed by atoms with Gasteiger partial charge in [0.05, 0.1) is 25.3 Å². The molecule has 0 spiro atoms. The number of carbonyl (C=O) groups excluding carboxylic acids is 2. The highest BCUT2D eigenvalue weighted by molar-refractivity contribution is 9.10. The summed E-state index contributed by atoms with van der Waals surface area (Å²) in [5.74, 6) is -0.518. The Labute approximate surface area is 184 Å². The number of nitrogens with zero attached hydrogens (tertiary/aromatic N) is 3. The van der Waals surface area contributed by atoms with Gasteiger partial charge in [0.15, 0.2) is 5.65 Å². The maximum atomic E-state index is 12.7. The van der Waals surface area contributed by atoms with Crippen molar-refractivity contribution in [2.45, 2.75) is 46.1 Å². The Morgan fingerprint density at radius 2 is 2.00 bits per heavy atom. The first-order chi connectivity index (χ1) is 14.3. The number of aromatic nitrogens is 3. The Hall–Kier alpha value is -2.74. The Morgan fingerprint density at radius 1 is 1.23 bits per heavy atom. The molecule has 2 heterocycles. The lowest BCUT2D eigenvalue weighted by atomic mass is 10.0. The molecule has 3 rings (SSSR count). The minimum absolute atomic E-state index is 0.0663. The summed E-state index contributed by atoms with van der Waals surface area (Å²) < 4.78 is 7.49. The summed E-state index contributed by atoms with van der Waals surface area (Å²) in [7, 11) is 1.34. The molecular formula is C22H25BrN4O3. The molecular weight excluding hydrogens is 448 g/mol. The van der Waals surface area contributed by atoms with Crippen LogP contribution < -0.4 is 5.32 Å². The summed E-state index contributed by atoms with van der Waals surface area (Å²) in [5, 5.41) is 7.45. The third-order valence-electron chi connectivity index (χ3n) is 5.07. The number of hydrogen-bond donors (Lipinski definition) is 1. The summed E-state index contributed by atoms with van der Waals surface area (Å²) in [6.07, 6.45) is 0.881. The van der Waals surface area contributed by atoms with Crippen LogP contribution in [0.2, 0.25) is 0 Å². The van der Waals surface area contributed by atoms with Crippen molar-refractivity contribution in [3.8, 4) is 0 Å². The van der Waals surface area contributed by atoms with Crippen LogP contribution in [0.5, 0.6) is 0 Å². The van der Waals surface area contributed by atoms with Crippen molar-refractivity contribution in [1.29, 1.82) is 0 Å². The molecule has 1 aromatic carbocycles. The Bertz CT molecular complexity index is 1090. The number of methoxy groups -OCH3 is 1. The van der Waals surface area contributed by atoms with Crippen molar-refractivity contribution in [3.05, 3.63) is 63.0 Å². The van der Waals surface area contributed by atoms with E-state index < -0.39 is 6.04 Å². The number of ether oxygens (including phenoxy) is 1. The highest BCUT2D eigenvalue weighted by Crippen LogP contribution is 2.22. The molecule has 3 aromatic rings. The normalized spacial score (nSPS) is 12.0. The van der Waals surface area contributed by atoms with Gasteiger partial charge in [0.1, 0.15) is 0 Å². The number of benzene rings is 1. The van der Waals surface area contributed by atoms with Crippen LogP contribution >= 0.6 is 15.9 Å². The minimum Gasteiger partial charge on any atom is -0.469 e. The number of halogens is 1. The van der Waals surface area contributed by atoms with Gasteiger partial charge in [0, 0.05) is 28.3 Å². The van der Waals surface area contributed by atoms with E-state index in [0.717, 1.165) is 38.3 Å². The standard InChI is InChI=1S/C22H25BrN4O3/c1-13-10-20-24-14(2)18(15(3)27(20)26-13)8-9-21(28)25-19(12-22(29)30-4)16-6-5-7-17(23)11-16/h5-7,10-11,19H,8-9,12H2,1-4H3,(H,25,28). The molecule has 158 valence electrons.